The molecule has 10 heteroatoms. The van der Waals surface area contributed by atoms with Gasteiger partial charge in [0.25, 0.3) is 10.0 Å². The molecule has 1 fully saturated rings. The fourth-order valence-electron chi connectivity index (χ4n) is 3.60. The first-order valence-corrected chi connectivity index (χ1v) is 12.1. The number of piperidine rings is 1. The van der Waals surface area contributed by atoms with E-state index < -0.39 is 10.0 Å². The number of nitrogens with zero attached hydrogens (tertiary/aromatic N) is 3. The van der Waals surface area contributed by atoms with Crippen molar-refractivity contribution in [2.45, 2.75) is 30.0 Å². The van der Waals surface area contributed by atoms with Gasteiger partial charge in [0.2, 0.25) is 0 Å². The quantitative estimate of drug-likeness (QED) is 0.540. The average molecular weight is 474 g/mol. The van der Waals surface area contributed by atoms with E-state index in [2.05, 4.69) is 19.6 Å². The van der Waals surface area contributed by atoms with Crippen LogP contribution in [0.4, 0.5) is 5.82 Å². The van der Waals surface area contributed by atoms with Crippen LogP contribution in [0.3, 0.4) is 0 Å². The molecule has 1 aliphatic heterocycles. The monoisotopic (exact) mass is 473 g/mol. The molecule has 0 saturated carbocycles. The topological polar surface area (TPSA) is 110 Å². The van der Waals surface area contributed by atoms with Gasteiger partial charge in [-0.05, 0) is 42.7 Å². The lowest BCUT2D eigenvalue weighted by Crippen LogP contribution is -2.43. The zero-order valence-electron chi connectivity index (χ0n) is 17.3. The number of rotatable bonds is 7. The van der Waals surface area contributed by atoms with E-state index in [1.165, 1.54) is 30.7 Å². The van der Waals surface area contributed by atoms with Crippen molar-refractivity contribution >= 4 is 27.4 Å². The minimum Gasteiger partial charge on any atom is -0.489 e. The summed E-state index contributed by atoms with van der Waals surface area (Å²) < 4.78 is 33.6. The van der Waals surface area contributed by atoms with E-state index in [4.69, 9.17) is 22.1 Å². The number of hydrogen-bond donors (Lipinski definition) is 2. The molecular formula is C22H24ClN5O3S. The number of nitrogens with two attached hydrogens (primary N) is 1. The maximum atomic E-state index is 12.6. The van der Waals surface area contributed by atoms with E-state index >= 15 is 0 Å². The van der Waals surface area contributed by atoms with Crippen molar-refractivity contribution in [3.8, 4) is 5.75 Å². The molecule has 0 amide bonds. The third-order valence-electron chi connectivity index (χ3n) is 5.34. The lowest BCUT2D eigenvalue weighted by Gasteiger charge is -2.36. The average Bonchev–Trinajstić information content (AvgIpc) is 2.81. The Bertz CT molecular complexity index is 1140. The molecule has 2 heterocycles. The predicted molar refractivity (Wildman–Crippen MR) is 123 cm³/mol. The van der Waals surface area contributed by atoms with Gasteiger partial charge in [0.1, 0.15) is 24.0 Å². The van der Waals surface area contributed by atoms with Crippen molar-refractivity contribution in [1.29, 1.82) is 0 Å². The number of ether oxygens (including phenoxy) is 1. The SMILES string of the molecule is N[C@@H](c1ccccc1)N1CCC(Oc2ccc(S(=O)(=O)Nc3ccncn3)cc2Cl)CC1. The number of benzene rings is 2. The minimum atomic E-state index is -3.83. The third-order valence-corrected chi connectivity index (χ3v) is 6.99. The van der Waals surface area contributed by atoms with Gasteiger partial charge < -0.3 is 10.5 Å². The van der Waals surface area contributed by atoms with Crippen LogP contribution in [0, 0.1) is 0 Å². The van der Waals surface area contributed by atoms with Crippen molar-refractivity contribution < 1.29 is 13.2 Å². The number of halogens is 1. The number of anilines is 1. The van der Waals surface area contributed by atoms with Crippen molar-refractivity contribution in [2.75, 3.05) is 17.8 Å². The van der Waals surface area contributed by atoms with Crippen LogP contribution in [0.15, 0.2) is 72.0 Å². The summed E-state index contributed by atoms with van der Waals surface area (Å²) in [5.74, 6) is 0.635. The van der Waals surface area contributed by atoms with Gasteiger partial charge in [0.15, 0.2) is 0 Å². The molecule has 1 aromatic heterocycles. The molecule has 3 N–H and O–H groups in total. The maximum absolute atomic E-state index is 12.6. The van der Waals surface area contributed by atoms with Gasteiger partial charge in [-0.2, -0.15) is 0 Å². The van der Waals surface area contributed by atoms with Crippen LogP contribution in [-0.4, -0.2) is 42.5 Å². The van der Waals surface area contributed by atoms with E-state index in [-0.39, 0.29) is 28.0 Å². The van der Waals surface area contributed by atoms with Crippen LogP contribution >= 0.6 is 11.6 Å². The van der Waals surface area contributed by atoms with Gasteiger partial charge in [-0.15, -0.1) is 0 Å². The fraction of sp³-hybridized carbons (Fsp3) is 0.273. The minimum absolute atomic E-state index is 0.0201. The summed E-state index contributed by atoms with van der Waals surface area (Å²) in [6, 6.07) is 15.9. The molecule has 168 valence electrons. The molecule has 1 saturated heterocycles. The second-order valence-corrected chi connectivity index (χ2v) is 9.59. The first-order valence-electron chi connectivity index (χ1n) is 10.2. The molecule has 0 radical (unpaired) electrons. The number of hydrogen-bond acceptors (Lipinski definition) is 7. The van der Waals surface area contributed by atoms with Gasteiger partial charge in [-0.3, -0.25) is 9.62 Å². The van der Waals surface area contributed by atoms with Gasteiger partial charge in [-0.1, -0.05) is 41.9 Å². The molecule has 0 unspecified atom stereocenters. The first-order chi connectivity index (χ1) is 15.4. The Balaban J connectivity index is 1.36. The zero-order valence-corrected chi connectivity index (χ0v) is 18.8. The molecule has 3 aromatic rings. The van der Waals surface area contributed by atoms with Crippen LogP contribution in [0.2, 0.25) is 5.02 Å². The smallest absolute Gasteiger partial charge is 0.263 e. The summed E-state index contributed by atoms with van der Waals surface area (Å²) in [6.45, 7) is 1.60. The van der Waals surface area contributed by atoms with Crippen molar-refractivity contribution in [1.82, 2.24) is 14.9 Å². The predicted octanol–water partition coefficient (Wildman–Crippen LogP) is 3.43. The highest BCUT2D eigenvalue weighted by Gasteiger charge is 2.26. The second kappa shape index (κ2) is 9.83. The van der Waals surface area contributed by atoms with Gasteiger partial charge >= 0.3 is 0 Å². The highest BCUT2D eigenvalue weighted by atomic mass is 35.5. The Hall–Kier alpha value is -2.72. The molecule has 1 aliphatic rings. The molecular weight excluding hydrogens is 450 g/mol. The summed E-state index contributed by atoms with van der Waals surface area (Å²) >= 11 is 6.34. The highest BCUT2D eigenvalue weighted by molar-refractivity contribution is 7.92. The molecule has 8 nitrogen and oxygen atoms in total. The molecule has 32 heavy (non-hydrogen) atoms. The summed E-state index contributed by atoms with van der Waals surface area (Å²) in [5, 5.41) is 0.235. The maximum Gasteiger partial charge on any atom is 0.263 e. The van der Waals surface area contributed by atoms with Crippen LogP contribution in [0.5, 0.6) is 5.75 Å². The molecule has 0 aliphatic carbocycles. The number of likely N-dealkylation sites (tertiary alicyclic amines) is 1. The second-order valence-electron chi connectivity index (χ2n) is 7.50. The number of aromatic nitrogens is 2. The summed E-state index contributed by atoms with van der Waals surface area (Å²) in [4.78, 5) is 9.89. The van der Waals surface area contributed by atoms with E-state index in [0.29, 0.717) is 5.75 Å². The normalized spacial score (nSPS) is 16.4. The van der Waals surface area contributed by atoms with E-state index in [0.717, 1.165) is 31.5 Å². The van der Waals surface area contributed by atoms with E-state index in [1.807, 2.05) is 30.3 Å². The molecule has 4 rings (SSSR count). The number of nitrogens with one attached hydrogen (secondary N) is 1. The fourth-order valence-corrected chi connectivity index (χ4v) is 4.93. The standard InChI is InChI=1S/C22H24ClN5O3S/c23-19-14-18(32(29,30)27-21-8-11-25-15-26-21)6-7-20(19)31-17-9-12-28(13-10-17)22(24)16-4-2-1-3-5-16/h1-8,11,14-15,17,22H,9-10,12-13,24H2,(H,25,26,27)/t22-/m1/s1. The van der Waals surface area contributed by atoms with Crippen LogP contribution in [0.1, 0.15) is 24.6 Å². The van der Waals surface area contributed by atoms with Gasteiger partial charge in [0, 0.05) is 19.3 Å². The Morgan fingerprint density at radius 1 is 1.12 bits per heavy atom. The zero-order chi connectivity index (χ0) is 22.6. The first kappa shape index (κ1) is 22.5. The van der Waals surface area contributed by atoms with E-state index in [9.17, 15) is 8.42 Å². The third kappa shape index (κ3) is 5.36. The summed E-state index contributed by atoms with van der Waals surface area (Å²) in [5.41, 5.74) is 7.48. The Labute approximate surface area is 192 Å². The van der Waals surface area contributed by atoms with Crippen molar-refractivity contribution in [3.05, 3.63) is 77.7 Å². The highest BCUT2D eigenvalue weighted by Crippen LogP contribution is 2.31. The number of sulfonamides is 1. The van der Waals surface area contributed by atoms with Crippen LogP contribution < -0.4 is 15.2 Å². The van der Waals surface area contributed by atoms with Gasteiger partial charge in [-0.25, -0.2) is 18.4 Å². The Morgan fingerprint density at radius 2 is 1.88 bits per heavy atom. The largest absolute Gasteiger partial charge is 0.489 e. The lowest BCUT2D eigenvalue weighted by molar-refractivity contribution is 0.0765. The van der Waals surface area contributed by atoms with Crippen molar-refractivity contribution in [2.24, 2.45) is 5.73 Å². The van der Waals surface area contributed by atoms with Crippen molar-refractivity contribution in [3.63, 3.8) is 0 Å². The molecule has 0 spiro atoms. The molecule has 2 aromatic carbocycles. The van der Waals surface area contributed by atoms with E-state index in [1.54, 1.807) is 6.07 Å². The van der Waals surface area contributed by atoms with Crippen LogP contribution in [0.25, 0.3) is 0 Å². The van der Waals surface area contributed by atoms with Crippen LogP contribution in [-0.2, 0) is 10.0 Å². The summed E-state index contributed by atoms with van der Waals surface area (Å²) in [7, 11) is -3.83. The Kier molecular flexibility index (Phi) is 6.90. The lowest BCUT2D eigenvalue weighted by atomic mass is 10.0. The Morgan fingerprint density at radius 3 is 2.53 bits per heavy atom. The summed E-state index contributed by atoms with van der Waals surface area (Å²) in [6.07, 6.45) is 4.14. The molecule has 0 bridgehead atoms. The van der Waals surface area contributed by atoms with Gasteiger partial charge in [0.05, 0.1) is 16.1 Å². The molecule has 1 atom stereocenters.